The molecule has 3 aromatic rings. The number of anilines is 1. The molecule has 1 N–H and O–H groups in total. The molecule has 0 saturated carbocycles. The number of ether oxygens (including phenoxy) is 1. The smallest absolute Gasteiger partial charge is 0.342 e. The maximum absolute atomic E-state index is 12.5. The quantitative estimate of drug-likeness (QED) is 0.540. The SMILES string of the molecule is CCOC(=O)c1c(C)oc2nc(C)nc(NCC3CCN(Cc4ccccc4C)CC3)c12. The summed E-state index contributed by atoms with van der Waals surface area (Å²) in [5.74, 6) is 1.91. The van der Waals surface area contributed by atoms with E-state index in [-0.39, 0.29) is 0 Å². The van der Waals surface area contributed by atoms with Crippen molar-refractivity contribution in [2.75, 3.05) is 31.6 Å². The van der Waals surface area contributed by atoms with Gasteiger partial charge < -0.3 is 14.5 Å². The number of piperidine rings is 1. The van der Waals surface area contributed by atoms with Crippen molar-refractivity contribution in [3.8, 4) is 0 Å². The number of carbonyl (C=O) groups excluding carboxylic acids is 1. The molecular formula is C25H32N4O3. The highest BCUT2D eigenvalue weighted by Crippen LogP contribution is 2.31. The molecule has 4 rings (SSSR count). The number of furan rings is 1. The standard InChI is InChI=1S/C25H32N4O3/c1-5-31-25(30)21-17(3)32-24-22(21)23(27-18(4)28-24)26-14-19-10-12-29(13-11-19)15-20-9-7-6-8-16(20)2/h6-9,19H,5,10-15H2,1-4H3,(H,26,27,28). The first-order valence-corrected chi connectivity index (χ1v) is 11.4. The van der Waals surface area contributed by atoms with Gasteiger partial charge in [0.25, 0.3) is 0 Å². The van der Waals surface area contributed by atoms with Crippen LogP contribution in [0.25, 0.3) is 11.1 Å². The van der Waals surface area contributed by atoms with E-state index in [2.05, 4.69) is 51.4 Å². The third-order valence-electron chi connectivity index (χ3n) is 6.24. The van der Waals surface area contributed by atoms with Gasteiger partial charge in [-0.1, -0.05) is 24.3 Å². The Morgan fingerprint density at radius 3 is 2.66 bits per heavy atom. The summed E-state index contributed by atoms with van der Waals surface area (Å²) in [6.07, 6.45) is 2.25. The minimum absolute atomic E-state index is 0.307. The van der Waals surface area contributed by atoms with Gasteiger partial charge in [-0.3, -0.25) is 4.90 Å². The molecule has 1 aliphatic rings. The first-order valence-electron chi connectivity index (χ1n) is 11.4. The molecule has 1 aromatic carbocycles. The van der Waals surface area contributed by atoms with E-state index in [0.29, 0.717) is 46.6 Å². The molecule has 0 radical (unpaired) electrons. The van der Waals surface area contributed by atoms with Crippen LogP contribution in [0.1, 0.15) is 52.8 Å². The second kappa shape index (κ2) is 9.69. The van der Waals surface area contributed by atoms with E-state index in [0.717, 1.165) is 39.0 Å². The topological polar surface area (TPSA) is 80.5 Å². The van der Waals surface area contributed by atoms with Crippen LogP contribution in [0.4, 0.5) is 5.82 Å². The van der Waals surface area contributed by atoms with Crippen molar-refractivity contribution in [2.45, 2.75) is 47.1 Å². The molecule has 170 valence electrons. The number of rotatable bonds is 7. The molecule has 7 nitrogen and oxygen atoms in total. The van der Waals surface area contributed by atoms with Crippen LogP contribution in [0.15, 0.2) is 28.7 Å². The Morgan fingerprint density at radius 2 is 1.94 bits per heavy atom. The lowest BCUT2D eigenvalue weighted by atomic mass is 9.96. The fourth-order valence-electron chi connectivity index (χ4n) is 4.41. The van der Waals surface area contributed by atoms with Gasteiger partial charge in [-0.2, -0.15) is 4.98 Å². The normalized spacial score (nSPS) is 15.2. The van der Waals surface area contributed by atoms with E-state index in [9.17, 15) is 4.79 Å². The largest absolute Gasteiger partial charge is 0.462 e. The lowest BCUT2D eigenvalue weighted by Crippen LogP contribution is -2.35. The fourth-order valence-corrected chi connectivity index (χ4v) is 4.41. The van der Waals surface area contributed by atoms with Gasteiger partial charge in [0.05, 0.1) is 12.0 Å². The van der Waals surface area contributed by atoms with Crippen LogP contribution in [0.2, 0.25) is 0 Å². The maximum atomic E-state index is 12.5. The Kier molecular flexibility index (Phi) is 6.74. The van der Waals surface area contributed by atoms with Gasteiger partial charge in [0.15, 0.2) is 0 Å². The second-order valence-corrected chi connectivity index (χ2v) is 8.58. The summed E-state index contributed by atoms with van der Waals surface area (Å²) in [5.41, 5.74) is 3.60. The molecule has 0 bridgehead atoms. The van der Waals surface area contributed by atoms with E-state index >= 15 is 0 Å². The fraction of sp³-hybridized carbons (Fsp3) is 0.480. The summed E-state index contributed by atoms with van der Waals surface area (Å²) in [4.78, 5) is 24.0. The number of benzene rings is 1. The number of hydrogen-bond donors (Lipinski definition) is 1. The molecule has 3 heterocycles. The van der Waals surface area contributed by atoms with Crippen molar-refractivity contribution < 1.29 is 13.9 Å². The van der Waals surface area contributed by atoms with Gasteiger partial charge in [-0.05, 0) is 70.7 Å². The zero-order valence-electron chi connectivity index (χ0n) is 19.4. The van der Waals surface area contributed by atoms with Gasteiger partial charge >= 0.3 is 5.97 Å². The van der Waals surface area contributed by atoms with Gasteiger partial charge in [0, 0.05) is 13.1 Å². The molecule has 1 fully saturated rings. The number of carbonyl (C=O) groups is 1. The number of aryl methyl sites for hydroxylation is 3. The van der Waals surface area contributed by atoms with Crippen molar-refractivity contribution in [3.05, 3.63) is 52.5 Å². The van der Waals surface area contributed by atoms with E-state index in [1.807, 2.05) is 6.92 Å². The van der Waals surface area contributed by atoms with Crippen LogP contribution in [0.5, 0.6) is 0 Å². The van der Waals surface area contributed by atoms with E-state index in [1.165, 1.54) is 11.1 Å². The minimum Gasteiger partial charge on any atom is -0.462 e. The first-order chi connectivity index (χ1) is 15.5. The molecule has 1 saturated heterocycles. The number of likely N-dealkylation sites (tertiary alicyclic amines) is 1. The molecule has 1 aliphatic heterocycles. The number of nitrogens with zero attached hydrogens (tertiary/aromatic N) is 3. The molecule has 0 atom stereocenters. The third kappa shape index (κ3) is 4.78. The molecule has 0 amide bonds. The monoisotopic (exact) mass is 436 g/mol. The summed E-state index contributed by atoms with van der Waals surface area (Å²) >= 11 is 0. The Morgan fingerprint density at radius 1 is 1.19 bits per heavy atom. The molecular weight excluding hydrogens is 404 g/mol. The summed E-state index contributed by atoms with van der Waals surface area (Å²) in [5, 5.41) is 4.10. The van der Waals surface area contributed by atoms with Crippen molar-refractivity contribution in [3.63, 3.8) is 0 Å². The lowest BCUT2D eigenvalue weighted by Gasteiger charge is -2.32. The average Bonchev–Trinajstić information content (AvgIpc) is 3.10. The van der Waals surface area contributed by atoms with Gasteiger partial charge in [0.1, 0.15) is 23.0 Å². The average molecular weight is 437 g/mol. The number of hydrogen-bond acceptors (Lipinski definition) is 7. The second-order valence-electron chi connectivity index (χ2n) is 8.58. The van der Waals surface area contributed by atoms with Crippen LogP contribution >= 0.6 is 0 Å². The van der Waals surface area contributed by atoms with E-state index in [1.54, 1.807) is 13.8 Å². The minimum atomic E-state index is -0.399. The summed E-state index contributed by atoms with van der Waals surface area (Å²) in [7, 11) is 0. The highest BCUT2D eigenvalue weighted by Gasteiger charge is 2.25. The maximum Gasteiger partial charge on any atom is 0.342 e. The zero-order chi connectivity index (χ0) is 22.7. The zero-order valence-corrected chi connectivity index (χ0v) is 19.4. The van der Waals surface area contributed by atoms with Crippen molar-refractivity contribution in [1.82, 2.24) is 14.9 Å². The molecule has 0 spiro atoms. The predicted molar refractivity (Wildman–Crippen MR) is 125 cm³/mol. The summed E-state index contributed by atoms with van der Waals surface area (Å²) < 4.78 is 11.0. The van der Waals surface area contributed by atoms with Gasteiger partial charge in [-0.25, -0.2) is 9.78 Å². The van der Waals surface area contributed by atoms with Crippen LogP contribution in [0, 0.1) is 26.7 Å². The van der Waals surface area contributed by atoms with Gasteiger partial charge in [-0.15, -0.1) is 0 Å². The first kappa shape index (κ1) is 22.3. The Hall–Kier alpha value is -2.93. The molecule has 2 aromatic heterocycles. The molecule has 32 heavy (non-hydrogen) atoms. The predicted octanol–water partition coefficient (Wildman–Crippen LogP) is 4.65. The molecule has 0 aliphatic carbocycles. The van der Waals surface area contributed by atoms with Crippen molar-refractivity contribution in [2.24, 2.45) is 5.92 Å². The number of nitrogens with one attached hydrogen (secondary N) is 1. The molecule has 0 unspecified atom stereocenters. The van der Waals surface area contributed by atoms with Crippen LogP contribution in [-0.4, -0.2) is 47.1 Å². The van der Waals surface area contributed by atoms with Crippen LogP contribution in [-0.2, 0) is 11.3 Å². The van der Waals surface area contributed by atoms with E-state index < -0.39 is 5.97 Å². The van der Waals surface area contributed by atoms with Crippen LogP contribution < -0.4 is 5.32 Å². The highest BCUT2D eigenvalue weighted by atomic mass is 16.5. The summed E-state index contributed by atoms with van der Waals surface area (Å²) in [6, 6.07) is 8.61. The lowest BCUT2D eigenvalue weighted by molar-refractivity contribution is 0.0526. The van der Waals surface area contributed by atoms with E-state index in [4.69, 9.17) is 9.15 Å². The summed E-state index contributed by atoms with van der Waals surface area (Å²) in [6.45, 7) is 11.8. The Bertz CT molecular complexity index is 1100. The third-order valence-corrected chi connectivity index (χ3v) is 6.24. The van der Waals surface area contributed by atoms with Crippen molar-refractivity contribution in [1.29, 1.82) is 0 Å². The number of fused-ring (bicyclic) bond motifs is 1. The van der Waals surface area contributed by atoms with Gasteiger partial charge in [0.2, 0.25) is 5.71 Å². The Balaban J connectivity index is 1.42. The number of aromatic nitrogens is 2. The molecule has 7 heteroatoms. The highest BCUT2D eigenvalue weighted by molar-refractivity contribution is 6.07. The van der Waals surface area contributed by atoms with Crippen LogP contribution in [0.3, 0.4) is 0 Å². The van der Waals surface area contributed by atoms with Crippen molar-refractivity contribution >= 4 is 22.9 Å². The number of esters is 1. The Labute approximate surface area is 189 Å².